The topological polar surface area (TPSA) is 322 Å². The Morgan fingerprint density at radius 1 is 0.745 bits per heavy atom. The third-order valence-electron chi connectivity index (χ3n) is 14.1. The molecule has 3 aliphatic rings. The van der Waals surface area contributed by atoms with Gasteiger partial charge in [0.15, 0.2) is 45.7 Å². The molecule has 27 nitrogen and oxygen atoms in total. The predicted octanol–water partition coefficient (Wildman–Crippen LogP) is 10.5. The van der Waals surface area contributed by atoms with Crippen LogP contribution in [0.5, 0.6) is 23.0 Å². The number of carbonyl (C=O) groups is 2. The molecule has 0 aromatic carbocycles. The van der Waals surface area contributed by atoms with Gasteiger partial charge in [-0.15, -0.1) is 0 Å². The zero-order valence-electron chi connectivity index (χ0n) is 52.8. The number of hydrogen-bond acceptors (Lipinski definition) is 23. The molecule has 0 aliphatic carbocycles. The summed E-state index contributed by atoms with van der Waals surface area (Å²) >= 11 is 9.37. The number of nitrogens with one attached hydrogen (secondary N) is 2. The van der Waals surface area contributed by atoms with Gasteiger partial charge in [-0.3, -0.25) is 25.0 Å². The summed E-state index contributed by atoms with van der Waals surface area (Å²) in [5.41, 5.74) is 3.43. The van der Waals surface area contributed by atoms with Crippen LogP contribution >= 0.6 is 23.2 Å². The minimum Gasteiger partial charge on any atom is -0.498 e. The molecule has 3 fully saturated rings. The number of aromatic nitrogens is 9. The smallest absolute Gasteiger partial charge is 0.317 e. The maximum absolute atomic E-state index is 12.0. The number of amides is 2. The second-order valence-corrected chi connectivity index (χ2v) is 36.8. The number of ether oxygens (including phenoxy) is 8. The fourth-order valence-corrected chi connectivity index (χ4v) is 12.0. The molecule has 3 aliphatic heterocycles. The summed E-state index contributed by atoms with van der Waals surface area (Å²) in [6.07, 6.45) is 15.5. The van der Waals surface area contributed by atoms with Crippen LogP contribution in [-0.2, 0) is 23.7 Å². The third kappa shape index (κ3) is 18.5. The quantitative estimate of drug-likeness (QED) is 0.0173. The van der Waals surface area contributed by atoms with Gasteiger partial charge in [-0.2, -0.15) is 5.26 Å². The van der Waals surface area contributed by atoms with Crippen molar-refractivity contribution in [2.75, 3.05) is 75.0 Å². The number of fused-ring (bicyclic) bond motifs is 2. The Hall–Kier alpha value is -9.41. The van der Waals surface area contributed by atoms with Crippen molar-refractivity contribution in [1.82, 2.24) is 55.1 Å². The fraction of sp³-hybridized carbons (Fsp3) is 0.359. The summed E-state index contributed by atoms with van der Waals surface area (Å²) in [7, 11) is 7.73. The Morgan fingerprint density at radius 2 is 1.31 bits per heavy atom. The van der Waals surface area contributed by atoms with E-state index in [0.29, 0.717) is 105 Å². The molecule has 3 saturated heterocycles. The van der Waals surface area contributed by atoms with Crippen molar-refractivity contribution in [1.29, 1.82) is 10.7 Å². The summed E-state index contributed by atoms with van der Waals surface area (Å²) in [4.78, 5) is 76.7. The van der Waals surface area contributed by atoms with Gasteiger partial charge in [0.1, 0.15) is 52.2 Å². The number of furan rings is 2. The number of allylic oxidation sites excluding steroid dienone is 1. The van der Waals surface area contributed by atoms with Crippen molar-refractivity contribution in [2.24, 2.45) is 0 Å². The van der Waals surface area contributed by atoms with Crippen molar-refractivity contribution >= 4 is 96.8 Å². The number of methoxy groups -OCH3 is 2. The Bertz CT molecular complexity index is 4200. The molecule has 8 aromatic heterocycles. The van der Waals surface area contributed by atoms with E-state index in [2.05, 4.69) is 87.3 Å². The van der Waals surface area contributed by atoms with Crippen LogP contribution in [0.4, 0.5) is 11.6 Å². The Morgan fingerprint density at radius 3 is 1.85 bits per heavy atom. The van der Waals surface area contributed by atoms with Crippen LogP contribution in [0.15, 0.2) is 100 Å². The van der Waals surface area contributed by atoms with Gasteiger partial charge < -0.3 is 52.3 Å². The van der Waals surface area contributed by atoms with Gasteiger partial charge in [-0.05, 0) is 35.9 Å². The molecule has 488 valence electrons. The van der Waals surface area contributed by atoms with Crippen LogP contribution in [0.3, 0.4) is 0 Å². The van der Waals surface area contributed by atoms with Crippen molar-refractivity contribution in [2.45, 2.75) is 71.7 Å². The molecule has 11 rings (SSSR count). The van der Waals surface area contributed by atoms with Crippen LogP contribution in [0, 0.1) is 29.9 Å². The van der Waals surface area contributed by atoms with Gasteiger partial charge in [0.05, 0.1) is 69.2 Å². The average molecular weight is 1430 g/mol. The van der Waals surface area contributed by atoms with Gasteiger partial charge in [0, 0.05) is 83.1 Å². The molecule has 0 unspecified atom stereocenters. The molecule has 0 bridgehead atoms. The average Bonchev–Trinajstić information content (AvgIpc) is 1.66. The minimum absolute atomic E-state index is 0.0605. The maximum atomic E-state index is 12.0. The second-order valence-electron chi connectivity index (χ2n) is 22.0. The van der Waals surface area contributed by atoms with E-state index in [4.69, 9.17) is 88.5 Å². The molecular formula is C64H67Cl2N15O12Sn. The number of nitriles is 1. The first-order chi connectivity index (χ1) is 45.2. The van der Waals surface area contributed by atoms with Crippen molar-refractivity contribution in [3.05, 3.63) is 142 Å². The summed E-state index contributed by atoms with van der Waals surface area (Å²) in [6, 6.07) is 10.3. The summed E-state index contributed by atoms with van der Waals surface area (Å²) in [5.74, 6) is 2.57. The minimum atomic E-state index is -2.33. The van der Waals surface area contributed by atoms with E-state index in [1.807, 2.05) is 0 Å². The Balaban J connectivity index is 0.000000169. The number of rotatable bonds is 16. The standard InChI is InChI=1S/C25H24N6O5.C16H14ClN3O3.C10H10ClN3O2.C10H10N3O2.3CH3.Sn/c1-14(25(32)28-2)10-19(33-3)22(27)20-11-17-23(36-20)16(4-7-29-17)24-30-13-21(18(12-26)31-24)35-15-5-8-34-9-6-15;1-20(2)16(21)9-6-12(22-3)14(19-8-9)13-7-11-15(23-13)10(17)4-5-18-11;1-12-9-8(6-13-10(11)14-9)16-7-2-4-15-5-3-7;1-11-10-9(6-12-7-13-10)15-8-2-4-14-5-3-8;;;;/h4,7,10-11,13,15,27H,1,5-6,8-9H2,2-3H3,(H,28,32);4-8H,1-3H3;6-7H,2-5H2;6,8H,2-5H2;3*1H3;/b19-10+,27-22?;;;;;;;. The zero-order valence-corrected chi connectivity index (χ0v) is 57.2. The van der Waals surface area contributed by atoms with Crippen molar-refractivity contribution in [3.63, 3.8) is 0 Å². The van der Waals surface area contributed by atoms with Crippen LogP contribution in [0.1, 0.15) is 60.3 Å². The van der Waals surface area contributed by atoms with Gasteiger partial charge in [0.25, 0.3) is 11.8 Å². The van der Waals surface area contributed by atoms with E-state index >= 15 is 0 Å². The molecule has 0 atom stereocenters. The van der Waals surface area contributed by atoms with E-state index < -0.39 is 24.3 Å². The first-order valence-corrected chi connectivity index (χ1v) is 40.1. The largest absolute Gasteiger partial charge is 0.498 e. The van der Waals surface area contributed by atoms with Gasteiger partial charge in [-0.25, -0.2) is 19.9 Å². The molecule has 8 aromatic rings. The Kier molecular flexibility index (Phi) is 25.1. The van der Waals surface area contributed by atoms with E-state index in [0.717, 1.165) is 55.6 Å². The normalized spacial score (nSPS) is 14.4. The zero-order chi connectivity index (χ0) is 67.5. The molecule has 0 radical (unpaired) electrons. The van der Waals surface area contributed by atoms with Gasteiger partial charge in [0.2, 0.25) is 0 Å². The third-order valence-corrected chi connectivity index (χ3v) is 19.1. The first-order valence-electron chi connectivity index (χ1n) is 29.4. The number of carbonyl (C=O) groups excluding carboxylic acids is 2. The predicted molar refractivity (Wildman–Crippen MR) is 350 cm³/mol. The molecule has 0 saturated carbocycles. The summed E-state index contributed by atoms with van der Waals surface area (Å²) in [6.45, 7) is 21.9. The van der Waals surface area contributed by atoms with Crippen LogP contribution in [0.2, 0.25) is 25.1 Å². The van der Waals surface area contributed by atoms with E-state index in [9.17, 15) is 14.9 Å². The Labute approximate surface area is 555 Å². The van der Waals surface area contributed by atoms with Crippen LogP contribution in [-0.4, -0.2) is 179 Å². The monoisotopic (exact) mass is 1430 g/mol. The number of hydrogen-bond donors (Lipinski definition) is 2. The van der Waals surface area contributed by atoms with Crippen molar-refractivity contribution < 1.29 is 56.3 Å². The van der Waals surface area contributed by atoms with E-state index in [-0.39, 0.29) is 69.6 Å². The summed E-state index contributed by atoms with van der Waals surface area (Å²) < 4.78 is 56.5. The molecule has 30 heteroatoms. The second kappa shape index (κ2) is 33.4. The first kappa shape index (κ1) is 70.5. The number of halogens is 2. The molecule has 0 spiro atoms. The fourth-order valence-electron chi connectivity index (χ4n) is 9.14. The molecule has 2 N–H and O–H groups in total. The molecular weight excluding hydrogens is 1360 g/mol. The molecule has 94 heavy (non-hydrogen) atoms. The molecule has 11 heterocycles. The maximum Gasteiger partial charge on any atom is 0.317 e. The number of pyridine rings is 3. The van der Waals surface area contributed by atoms with Gasteiger partial charge >= 0.3 is 129 Å². The van der Waals surface area contributed by atoms with E-state index in [1.54, 1.807) is 63.0 Å². The van der Waals surface area contributed by atoms with Crippen LogP contribution < -0.4 is 28.1 Å². The molecule has 2 amide bonds. The summed E-state index contributed by atoms with van der Waals surface area (Å²) in [5, 5.41) is 21.2. The van der Waals surface area contributed by atoms with Gasteiger partial charge in [-0.1, -0.05) is 29.7 Å². The number of nitrogens with zero attached hydrogens (tertiary/aromatic N) is 13. The van der Waals surface area contributed by atoms with Crippen LogP contribution in [0.25, 0.3) is 54.7 Å². The SMILES string of the molecule is C=C(/C=C(/OC)C(=N)c1cc2nccc(-c3ncc(OC4CCOCC4)c(C#N)n3)c2o1)C(=O)NC.COc1cc(C(=O)N(C)C)cnc1-c1cc2nccc(Cl)c2o1.[C-]#[N+]c1n[c]([Sn]([CH3])([CH3])[CH3])ncc1OC1CCOCC1.[C-]#[N+]c1nc(Cl)ncc1OC1CCOCC1. The number of likely N-dealkylation sites (N-methyl/N-ethyl adjacent to an activating group) is 1. The van der Waals surface area contributed by atoms with Crippen molar-refractivity contribution in [3.8, 4) is 51.9 Å². The van der Waals surface area contributed by atoms with E-state index in [1.165, 1.54) is 50.8 Å².